The van der Waals surface area contributed by atoms with E-state index in [-0.39, 0.29) is 11.2 Å². The summed E-state index contributed by atoms with van der Waals surface area (Å²) in [6, 6.07) is 3.89. The predicted octanol–water partition coefficient (Wildman–Crippen LogP) is 1.78. The van der Waals surface area contributed by atoms with Crippen LogP contribution in [-0.2, 0) is 16.4 Å². The Morgan fingerprint density at radius 1 is 1.14 bits per heavy atom. The standard InChI is InChI=1S/C15H20BN3O2/c1-14(2)15(3,4)21-16(20-14)12-10-19(5)18-13(12)11-7-6-8-17-9-11/h6-10H,1-5H3. The fourth-order valence-corrected chi connectivity index (χ4v) is 2.38. The Morgan fingerprint density at radius 2 is 1.81 bits per heavy atom. The molecule has 1 fully saturated rings. The van der Waals surface area contributed by atoms with Gasteiger partial charge in [0.25, 0.3) is 0 Å². The van der Waals surface area contributed by atoms with E-state index in [9.17, 15) is 0 Å². The summed E-state index contributed by atoms with van der Waals surface area (Å²) >= 11 is 0. The Hall–Kier alpha value is -1.66. The zero-order valence-electron chi connectivity index (χ0n) is 13.1. The van der Waals surface area contributed by atoms with Gasteiger partial charge in [0.1, 0.15) is 0 Å². The largest absolute Gasteiger partial charge is 0.498 e. The zero-order valence-corrected chi connectivity index (χ0v) is 13.1. The lowest BCUT2D eigenvalue weighted by atomic mass is 9.78. The molecular formula is C15H20BN3O2. The molecule has 3 rings (SSSR count). The van der Waals surface area contributed by atoms with Gasteiger partial charge in [0.05, 0.1) is 16.9 Å². The van der Waals surface area contributed by atoms with Crippen molar-refractivity contribution in [3.05, 3.63) is 30.7 Å². The smallest absolute Gasteiger partial charge is 0.399 e. The Bertz CT molecular complexity index is 636. The van der Waals surface area contributed by atoms with Gasteiger partial charge in [-0.2, -0.15) is 5.10 Å². The fraction of sp³-hybridized carbons (Fsp3) is 0.467. The molecule has 2 aromatic heterocycles. The van der Waals surface area contributed by atoms with Crippen molar-refractivity contribution in [2.75, 3.05) is 0 Å². The maximum atomic E-state index is 6.13. The second-order valence-corrected chi connectivity index (χ2v) is 6.44. The molecule has 1 aliphatic rings. The van der Waals surface area contributed by atoms with E-state index in [0.29, 0.717) is 0 Å². The number of aryl methyl sites for hydroxylation is 1. The van der Waals surface area contributed by atoms with E-state index in [1.165, 1.54) is 0 Å². The number of hydrogen-bond acceptors (Lipinski definition) is 4. The van der Waals surface area contributed by atoms with Gasteiger partial charge in [-0.1, -0.05) is 0 Å². The van der Waals surface area contributed by atoms with E-state index in [1.54, 1.807) is 17.1 Å². The van der Waals surface area contributed by atoms with Crippen LogP contribution in [0.5, 0.6) is 0 Å². The minimum absolute atomic E-state index is 0.361. The summed E-state index contributed by atoms with van der Waals surface area (Å²) < 4.78 is 14.0. The Morgan fingerprint density at radius 3 is 2.38 bits per heavy atom. The number of rotatable bonds is 2. The maximum Gasteiger partial charge on any atom is 0.498 e. The summed E-state index contributed by atoms with van der Waals surface area (Å²) in [7, 11) is 1.48. The maximum absolute atomic E-state index is 6.13. The lowest BCUT2D eigenvalue weighted by Gasteiger charge is -2.32. The highest BCUT2D eigenvalue weighted by Gasteiger charge is 2.52. The van der Waals surface area contributed by atoms with Crippen LogP contribution in [0.2, 0.25) is 0 Å². The molecule has 5 nitrogen and oxygen atoms in total. The average molecular weight is 285 g/mol. The van der Waals surface area contributed by atoms with Crippen molar-refractivity contribution in [1.82, 2.24) is 14.8 Å². The van der Waals surface area contributed by atoms with Crippen LogP contribution in [0.15, 0.2) is 30.7 Å². The minimum Gasteiger partial charge on any atom is -0.399 e. The van der Waals surface area contributed by atoms with E-state index in [4.69, 9.17) is 9.31 Å². The topological polar surface area (TPSA) is 49.2 Å². The Balaban J connectivity index is 2.02. The van der Waals surface area contributed by atoms with Crippen molar-refractivity contribution in [3.8, 4) is 11.3 Å². The van der Waals surface area contributed by atoms with E-state index in [2.05, 4.69) is 10.1 Å². The molecule has 2 aromatic rings. The van der Waals surface area contributed by atoms with Crippen LogP contribution in [-0.4, -0.2) is 33.1 Å². The number of hydrogen-bond donors (Lipinski definition) is 0. The SMILES string of the molecule is Cn1cc(B2OC(C)(C)C(C)(C)O2)c(-c2cccnc2)n1. The average Bonchev–Trinajstić information content (AvgIpc) is 2.89. The van der Waals surface area contributed by atoms with Crippen LogP contribution in [0.1, 0.15) is 27.7 Å². The minimum atomic E-state index is -0.418. The van der Waals surface area contributed by atoms with Crippen molar-refractivity contribution in [3.63, 3.8) is 0 Å². The third-order valence-corrected chi connectivity index (χ3v) is 4.30. The third kappa shape index (κ3) is 2.38. The van der Waals surface area contributed by atoms with E-state index >= 15 is 0 Å². The van der Waals surface area contributed by atoms with Gasteiger partial charge in [-0.3, -0.25) is 9.67 Å². The Kier molecular flexibility index (Phi) is 3.18. The molecule has 0 aromatic carbocycles. The molecule has 0 unspecified atom stereocenters. The van der Waals surface area contributed by atoms with Gasteiger partial charge in [0.15, 0.2) is 0 Å². The predicted molar refractivity (Wildman–Crippen MR) is 82.2 cm³/mol. The molecule has 0 spiro atoms. The molecule has 0 bridgehead atoms. The van der Waals surface area contributed by atoms with Crippen molar-refractivity contribution >= 4 is 12.6 Å². The van der Waals surface area contributed by atoms with Gasteiger partial charge in [-0.25, -0.2) is 0 Å². The molecule has 1 saturated heterocycles. The first kappa shape index (κ1) is 14.3. The summed E-state index contributed by atoms with van der Waals surface area (Å²) in [5.41, 5.74) is 2.02. The second-order valence-electron chi connectivity index (χ2n) is 6.44. The third-order valence-electron chi connectivity index (χ3n) is 4.30. The lowest BCUT2D eigenvalue weighted by molar-refractivity contribution is 0.00578. The highest BCUT2D eigenvalue weighted by molar-refractivity contribution is 6.63. The van der Waals surface area contributed by atoms with Crippen LogP contribution in [0.4, 0.5) is 0 Å². The van der Waals surface area contributed by atoms with Crippen molar-refractivity contribution < 1.29 is 9.31 Å². The zero-order chi connectivity index (χ0) is 15.3. The van der Waals surface area contributed by atoms with Crippen LogP contribution in [0.3, 0.4) is 0 Å². The van der Waals surface area contributed by atoms with Crippen molar-refractivity contribution in [2.24, 2.45) is 7.05 Å². The van der Waals surface area contributed by atoms with Crippen molar-refractivity contribution in [2.45, 2.75) is 38.9 Å². The second kappa shape index (κ2) is 4.68. The van der Waals surface area contributed by atoms with Gasteiger partial charge in [-0.05, 0) is 39.8 Å². The first-order valence-corrected chi connectivity index (χ1v) is 7.10. The van der Waals surface area contributed by atoms with Gasteiger partial charge in [0.2, 0.25) is 0 Å². The fourth-order valence-electron chi connectivity index (χ4n) is 2.38. The summed E-state index contributed by atoms with van der Waals surface area (Å²) in [4.78, 5) is 4.16. The first-order chi connectivity index (χ1) is 9.80. The molecule has 3 heterocycles. The number of pyridine rings is 1. The van der Waals surface area contributed by atoms with E-state index in [1.807, 2.05) is 53.1 Å². The van der Waals surface area contributed by atoms with E-state index in [0.717, 1.165) is 16.7 Å². The molecular weight excluding hydrogens is 265 g/mol. The van der Waals surface area contributed by atoms with E-state index < -0.39 is 7.12 Å². The summed E-state index contributed by atoms with van der Waals surface area (Å²) in [5, 5.41) is 4.54. The first-order valence-electron chi connectivity index (χ1n) is 7.10. The van der Waals surface area contributed by atoms with Crippen LogP contribution < -0.4 is 5.46 Å². The number of aromatic nitrogens is 3. The monoisotopic (exact) mass is 285 g/mol. The molecule has 6 heteroatoms. The molecule has 0 saturated carbocycles. The summed E-state index contributed by atoms with van der Waals surface area (Å²) in [6.45, 7) is 8.19. The van der Waals surface area contributed by atoms with Gasteiger partial charge < -0.3 is 9.31 Å². The van der Waals surface area contributed by atoms with Crippen molar-refractivity contribution in [1.29, 1.82) is 0 Å². The Labute approximate surface area is 125 Å². The lowest BCUT2D eigenvalue weighted by Crippen LogP contribution is -2.41. The van der Waals surface area contributed by atoms with Gasteiger partial charge in [-0.15, -0.1) is 0 Å². The highest BCUT2D eigenvalue weighted by Crippen LogP contribution is 2.37. The molecule has 0 radical (unpaired) electrons. The molecule has 21 heavy (non-hydrogen) atoms. The molecule has 0 aliphatic carbocycles. The van der Waals surface area contributed by atoms with Gasteiger partial charge >= 0.3 is 7.12 Å². The molecule has 0 amide bonds. The normalized spacial score (nSPS) is 20.0. The molecule has 0 atom stereocenters. The van der Waals surface area contributed by atoms with Crippen LogP contribution >= 0.6 is 0 Å². The highest BCUT2D eigenvalue weighted by atomic mass is 16.7. The summed E-state index contributed by atoms with van der Waals surface area (Å²) in [6.07, 6.45) is 5.50. The van der Waals surface area contributed by atoms with Crippen LogP contribution in [0.25, 0.3) is 11.3 Å². The molecule has 1 aliphatic heterocycles. The quantitative estimate of drug-likeness (QED) is 0.789. The molecule has 0 N–H and O–H groups in total. The van der Waals surface area contributed by atoms with Crippen LogP contribution in [0, 0.1) is 0 Å². The van der Waals surface area contributed by atoms with Gasteiger partial charge in [0, 0.05) is 36.7 Å². The number of nitrogens with zero attached hydrogens (tertiary/aromatic N) is 3. The summed E-state index contributed by atoms with van der Waals surface area (Å²) in [5.74, 6) is 0. The molecule has 110 valence electrons.